The normalized spacial score (nSPS) is 21.1. The second kappa shape index (κ2) is 9.16. The van der Waals surface area contributed by atoms with Crippen molar-refractivity contribution >= 4 is 12.0 Å². The number of carbonyl (C=O) groups excluding carboxylic acids is 1. The Labute approximate surface area is 164 Å². The summed E-state index contributed by atoms with van der Waals surface area (Å²) in [4.78, 5) is 44.5. The van der Waals surface area contributed by atoms with E-state index in [1.165, 1.54) is 18.6 Å². The molecule has 1 saturated heterocycles. The highest BCUT2D eigenvalue weighted by molar-refractivity contribution is 5.91. The first-order valence-electron chi connectivity index (χ1n) is 8.71. The summed E-state index contributed by atoms with van der Waals surface area (Å²) in [5.41, 5.74) is -0.727. The van der Waals surface area contributed by atoms with E-state index in [4.69, 9.17) is 9.84 Å². The molecule has 29 heavy (non-hydrogen) atoms. The number of rotatable bonds is 5. The summed E-state index contributed by atoms with van der Waals surface area (Å²) in [5.74, 6) is 4.84. The lowest BCUT2D eigenvalue weighted by Gasteiger charge is -2.14. The first kappa shape index (κ1) is 20.3. The Bertz CT molecular complexity index is 1060. The van der Waals surface area contributed by atoms with Crippen LogP contribution in [-0.4, -0.2) is 61.0 Å². The maximum Gasteiger partial charge on any atom is 0.330 e. The van der Waals surface area contributed by atoms with Gasteiger partial charge in [-0.15, -0.1) is 0 Å². The van der Waals surface area contributed by atoms with Gasteiger partial charge in [0.05, 0.1) is 37.5 Å². The molecular formula is C18H19N5O6. The average molecular weight is 401 g/mol. The predicted molar refractivity (Wildman–Crippen MR) is 100 cm³/mol. The zero-order chi connectivity index (χ0) is 20.8. The molecule has 3 heterocycles. The van der Waals surface area contributed by atoms with Crippen LogP contribution in [0, 0.1) is 11.8 Å². The molecule has 0 aliphatic carbocycles. The Balaban J connectivity index is 1.65. The van der Waals surface area contributed by atoms with Gasteiger partial charge in [-0.2, -0.15) is 0 Å². The maximum atomic E-state index is 12.0. The summed E-state index contributed by atoms with van der Waals surface area (Å²) in [5, 5.41) is 21.5. The van der Waals surface area contributed by atoms with Gasteiger partial charge < -0.3 is 25.3 Å². The molecule has 2 aromatic heterocycles. The molecule has 152 valence electrons. The van der Waals surface area contributed by atoms with Crippen LogP contribution in [0.25, 0.3) is 6.08 Å². The number of ether oxygens (including phenoxy) is 1. The SMILES string of the molecule is O=C(/C=C/c1cnc[nH]1)NCC#Cc1cn([C@H]2C[C@H](O)[C@@H](CO)O2)c(=O)[nH]c1=O. The number of aromatic amines is 2. The lowest BCUT2D eigenvalue weighted by molar-refractivity contribution is -0.116. The molecule has 1 amide bonds. The molecule has 0 radical (unpaired) electrons. The highest BCUT2D eigenvalue weighted by Crippen LogP contribution is 2.27. The summed E-state index contributed by atoms with van der Waals surface area (Å²) in [6.45, 7) is -0.410. The lowest BCUT2D eigenvalue weighted by atomic mass is 10.2. The second-order valence-electron chi connectivity index (χ2n) is 6.18. The van der Waals surface area contributed by atoms with Gasteiger partial charge in [-0.3, -0.25) is 19.1 Å². The van der Waals surface area contributed by atoms with Crippen LogP contribution in [0.5, 0.6) is 0 Å². The maximum absolute atomic E-state index is 12.0. The molecule has 0 bridgehead atoms. The third kappa shape index (κ3) is 5.08. The van der Waals surface area contributed by atoms with E-state index in [1.54, 1.807) is 12.3 Å². The topological polar surface area (TPSA) is 162 Å². The van der Waals surface area contributed by atoms with Gasteiger partial charge in [-0.05, 0) is 6.08 Å². The summed E-state index contributed by atoms with van der Waals surface area (Å²) >= 11 is 0. The number of aliphatic hydroxyl groups excluding tert-OH is 2. The van der Waals surface area contributed by atoms with E-state index < -0.39 is 36.3 Å². The van der Waals surface area contributed by atoms with Crippen LogP contribution in [0.15, 0.2) is 34.4 Å². The molecule has 2 aromatic rings. The van der Waals surface area contributed by atoms with Gasteiger partial charge >= 0.3 is 5.69 Å². The highest BCUT2D eigenvalue weighted by atomic mass is 16.5. The van der Waals surface area contributed by atoms with Crippen molar-refractivity contribution in [2.24, 2.45) is 0 Å². The summed E-state index contributed by atoms with van der Waals surface area (Å²) in [7, 11) is 0. The third-order valence-electron chi connectivity index (χ3n) is 4.17. The number of amides is 1. The van der Waals surface area contributed by atoms with E-state index in [0.29, 0.717) is 5.69 Å². The first-order chi connectivity index (χ1) is 14.0. The Morgan fingerprint density at radius 3 is 3.00 bits per heavy atom. The molecule has 0 spiro atoms. The standard InChI is InChI=1S/C18H19N5O6/c24-9-14-13(25)6-16(29-14)23-8-11(17(27)22-18(23)28)2-1-5-20-15(26)4-3-12-7-19-10-21-12/h3-4,7-8,10,13-14,16,24-25H,5-6,9H2,(H,19,21)(H,20,26)(H,22,27,28)/b4-3+/t13-,14+,16+/m0/s1. The molecule has 11 heteroatoms. The van der Waals surface area contributed by atoms with Crippen molar-refractivity contribution in [1.82, 2.24) is 24.8 Å². The summed E-state index contributed by atoms with van der Waals surface area (Å²) in [6.07, 6.45) is 4.64. The van der Waals surface area contributed by atoms with Crippen LogP contribution in [0.2, 0.25) is 0 Å². The highest BCUT2D eigenvalue weighted by Gasteiger charge is 2.35. The van der Waals surface area contributed by atoms with Crippen LogP contribution in [0.4, 0.5) is 0 Å². The van der Waals surface area contributed by atoms with Crippen molar-refractivity contribution < 1.29 is 19.7 Å². The molecule has 0 aromatic carbocycles. The van der Waals surface area contributed by atoms with Crippen LogP contribution in [-0.2, 0) is 9.53 Å². The number of imidazole rings is 1. The monoisotopic (exact) mass is 401 g/mol. The quantitative estimate of drug-likeness (QED) is 0.288. The van der Waals surface area contributed by atoms with Crippen molar-refractivity contribution in [3.05, 3.63) is 56.9 Å². The fraction of sp³-hybridized carbons (Fsp3) is 0.333. The molecule has 0 saturated carbocycles. The van der Waals surface area contributed by atoms with E-state index in [-0.39, 0.29) is 24.4 Å². The Morgan fingerprint density at radius 2 is 2.31 bits per heavy atom. The van der Waals surface area contributed by atoms with E-state index in [9.17, 15) is 19.5 Å². The largest absolute Gasteiger partial charge is 0.394 e. The van der Waals surface area contributed by atoms with E-state index in [0.717, 1.165) is 4.57 Å². The summed E-state index contributed by atoms with van der Waals surface area (Å²) < 4.78 is 6.53. The fourth-order valence-corrected chi connectivity index (χ4v) is 2.69. The fourth-order valence-electron chi connectivity index (χ4n) is 2.69. The Kier molecular flexibility index (Phi) is 6.40. The Morgan fingerprint density at radius 1 is 1.48 bits per heavy atom. The molecule has 5 N–H and O–H groups in total. The average Bonchev–Trinajstić information content (AvgIpc) is 3.34. The second-order valence-corrected chi connectivity index (χ2v) is 6.18. The van der Waals surface area contributed by atoms with Gasteiger partial charge in [-0.25, -0.2) is 9.78 Å². The van der Waals surface area contributed by atoms with Gasteiger partial charge in [0.25, 0.3) is 5.56 Å². The zero-order valence-electron chi connectivity index (χ0n) is 15.2. The van der Waals surface area contributed by atoms with Crippen LogP contribution in [0.1, 0.15) is 23.9 Å². The zero-order valence-corrected chi connectivity index (χ0v) is 15.2. The number of nitrogens with one attached hydrogen (secondary N) is 3. The number of carbonyl (C=O) groups is 1. The number of hydrogen-bond acceptors (Lipinski definition) is 7. The molecule has 1 aliphatic heterocycles. The molecule has 0 unspecified atom stereocenters. The van der Waals surface area contributed by atoms with Crippen molar-refractivity contribution in [2.45, 2.75) is 24.9 Å². The number of nitrogens with zero attached hydrogens (tertiary/aromatic N) is 2. The molecule has 1 fully saturated rings. The van der Waals surface area contributed by atoms with Crippen LogP contribution < -0.4 is 16.6 Å². The van der Waals surface area contributed by atoms with Crippen molar-refractivity contribution in [1.29, 1.82) is 0 Å². The minimum Gasteiger partial charge on any atom is -0.394 e. The molecule has 1 aliphatic rings. The van der Waals surface area contributed by atoms with Crippen molar-refractivity contribution in [3.8, 4) is 11.8 Å². The van der Waals surface area contributed by atoms with Gasteiger partial charge in [0.1, 0.15) is 17.9 Å². The van der Waals surface area contributed by atoms with Crippen molar-refractivity contribution in [3.63, 3.8) is 0 Å². The van der Waals surface area contributed by atoms with Gasteiger partial charge in [0.15, 0.2) is 0 Å². The minimum atomic E-state index is -0.927. The summed E-state index contributed by atoms with van der Waals surface area (Å²) in [6, 6.07) is 0. The van der Waals surface area contributed by atoms with Gasteiger partial charge in [0, 0.05) is 18.7 Å². The lowest BCUT2D eigenvalue weighted by Crippen LogP contribution is -2.33. The van der Waals surface area contributed by atoms with Gasteiger partial charge in [-0.1, -0.05) is 11.8 Å². The Hall–Kier alpha value is -3.46. The first-order valence-corrected chi connectivity index (χ1v) is 8.71. The van der Waals surface area contributed by atoms with Crippen molar-refractivity contribution in [2.75, 3.05) is 13.2 Å². The molecular weight excluding hydrogens is 382 g/mol. The molecule has 3 rings (SSSR count). The molecule has 11 nitrogen and oxygen atoms in total. The van der Waals surface area contributed by atoms with Crippen LogP contribution >= 0.6 is 0 Å². The van der Waals surface area contributed by atoms with Gasteiger partial charge in [0.2, 0.25) is 5.91 Å². The third-order valence-corrected chi connectivity index (χ3v) is 4.17. The number of aromatic nitrogens is 4. The van der Waals surface area contributed by atoms with E-state index in [1.807, 2.05) is 0 Å². The molecule has 3 atom stereocenters. The smallest absolute Gasteiger partial charge is 0.330 e. The van der Waals surface area contributed by atoms with E-state index in [2.05, 4.69) is 32.1 Å². The number of hydrogen-bond donors (Lipinski definition) is 5. The van der Waals surface area contributed by atoms with E-state index >= 15 is 0 Å². The predicted octanol–water partition coefficient (Wildman–Crippen LogP) is -1.92. The number of H-pyrrole nitrogens is 2. The number of aliphatic hydroxyl groups is 2. The minimum absolute atomic E-state index is 0.00242. The van der Waals surface area contributed by atoms with Crippen LogP contribution in [0.3, 0.4) is 0 Å².